The zero-order valence-electron chi connectivity index (χ0n) is 7.33. The van der Waals surface area contributed by atoms with Crippen molar-refractivity contribution in [2.75, 3.05) is 0 Å². The summed E-state index contributed by atoms with van der Waals surface area (Å²) in [4.78, 5) is 10.3. The average Bonchev–Trinajstić information content (AvgIpc) is 2.09. The van der Waals surface area contributed by atoms with Crippen LogP contribution in [0.3, 0.4) is 0 Å². The summed E-state index contributed by atoms with van der Waals surface area (Å²) in [7, 11) is 0. The van der Waals surface area contributed by atoms with Gasteiger partial charge in [0.05, 0.1) is 0 Å². The van der Waals surface area contributed by atoms with Gasteiger partial charge in [0, 0.05) is 11.4 Å². The molecule has 0 fully saturated rings. The fraction of sp³-hybridized carbons (Fsp3) is 0.300. The summed E-state index contributed by atoms with van der Waals surface area (Å²) in [6, 6.07) is 4.85. The normalized spacial score (nSPS) is 12.5. The maximum absolute atomic E-state index is 10.3. The third kappa shape index (κ3) is 2.46. The molecule has 0 saturated carbocycles. The Morgan fingerprint density at radius 2 is 2.31 bits per heavy atom. The Hall–Kier alpha value is -1.02. The van der Waals surface area contributed by atoms with E-state index >= 15 is 0 Å². The Morgan fingerprint density at radius 1 is 1.62 bits per heavy atom. The van der Waals surface area contributed by atoms with Gasteiger partial charge in [-0.15, -0.1) is 0 Å². The SMILES string of the molecule is CC(CC=O)c1cc(Cl)ccc1O. The number of benzene rings is 1. The lowest BCUT2D eigenvalue weighted by Crippen LogP contribution is -1.94. The van der Waals surface area contributed by atoms with E-state index in [-0.39, 0.29) is 11.7 Å². The minimum absolute atomic E-state index is 0.0104. The van der Waals surface area contributed by atoms with Gasteiger partial charge in [-0.2, -0.15) is 0 Å². The number of rotatable bonds is 3. The van der Waals surface area contributed by atoms with Crippen LogP contribution in [0.25, 0.3) is 0 Å². The molecule has 0 bridgehead atoms. The summed E-state index contributed by atoms with van der Waals surface area (Å²) in [6.07, 6.45) is 1.24. The lowest BCUT2D eigenvalue weighted by Gasteiger charge is -2.10. The molecular weight excluding hydrogens is 188 g/mol. The predicted molar refractivity (Wildman–Crippen MR) is 52.2 cm³/mol. The molecule has 1 N–H and O–H groups in total. The van der Waals surface area contributed by atoms with Crippen LogP contribution in [0.4, 0.5) is 0 Å². The van der Waals surface area contributed by atoms with Gasteiger partial charge in [-0.25, -0.2) is 0 Å². The molecule has 1 aromatic carbocycles. The van der Waals surface area contributed by atoms with Gasteiger partial charge < -0.3 is 9.90 Å². The highest BCUT2D eigenvalue weighted by Crippen LogP contribution is 2.29. The Bertz CT molecular complexity index is 310. The molecule has 0 spiro atoms. The second-order valence-corrected chi connectivity index (χ2v) is 3.44. The number of carbonyl (C=O) groups excluding carboxylic acids is 1. The molecule has 0 aliphatic heterocycles. The Kier molecular flexibility index (Phi) is 3.32. The van der Waals surface area contributed by atoms with Crippen molar-refractivity contribution in [1.29, 1.82) is 0 Å². The monoisotopic (exact) mass is 198 g/mol. The number of aromatic hydroxyl groups is 1. The second-order valence-electron chi connectivity index (χ2n) is 3.01. The lowest BCUT2D eigenvalue weighted by molar-refractivity contribution is -0.108. The molecule has 1 aromatic rings. The number of hydrogen-bond donors (Lipinski definition) is 1. The van der Waals surface area contributed by atoms with Crippen LogP contribution < -0.4 is 0 Å². The van der Waals surface area contributed by atoms with E-state index in [1.54, 1.807) is 18.2 Å². The van der Waals surface area contributed by atoms with Crippen molar-refractivity contribution in [3.8, 4) is 5.75 Å². The molecule has 3 heteroatoms. The van der Waals surface area contributed by atoms with Crippen LogP contribution in [-0.4, -0.2) is 11.4 Å². The molecule has 1 unspecified atom stereocenters. The third-order valence-corrected chi connectivity index (χ3v) is 2.21. The van der Waals surface area contributed by atoms with Gasteiger partial charge in [-0.05, 0) is 29.7 Å². The van der Waals surface area contributed by atoms with E-state index in [9.17, 15) is 9.90 Å². The third-order valence-electron chi connectivity index (χ3n) is 1.97. The van der Waals surface area contributed by atoms with Crippen LogP contribution in [0.2, 0.25) is 5.02 Å². The summed E-state index contributed by atoms with van der Waals surface area (Å²) in [5.74, 6) is 0.204. The van der Waals surface area contributed by atoms with Crippen molar-refractivity contribution in [1.82, 2.24) is 0 Å². The summed E-state index contributed by atoms with van der Waals surface area (Å²) >= 11 is 5.76. The average molecular weight is 199 g/mol. The quantitative estimate of drug-likeness (QED) is 0.759. The highest BCUT2D eigenvalue weighted by atomic mass is 35.5. The van der Waals surface area contributed by atoms with Crippen molar-refractivity contribution in [3.05, 3.63) is 28.8 Å². The van der Waals surface area contributed by atoms with E-state index < -0.39 is 0 Å². The van der Waals surface area contributed by atoms with Crippen LogP contribution in [0.5, 0.6) is 5.75 Å². The van der Waals surface area contributed by atoms with Gasteiger partial charge in [0.25, 0.3) is 0 Å². The second kappa shape index (κ2) is 4.28. The zero-order valence-corrected chi connectivity index (χ0v) is 8.08. The Labute approximate surface area is 82.2 Å². The van der Waals surface area contributed by atoms with Crippen LogP contribution >= 0.6 is 11.6 Å². The van der Waals surface area contributed by atoms with Gasteiger partial charge >= 0.3 is 0 Å². The van der Waals surface area contributed by atoms with Crippen LogP contribution in [-0.2, 0) is 4.79 Å². The van der Waals surface area contributed by atoms with Gasteiger partial charge in [0.2, 0.25) is 0 Å². The summed E-state index contributed by atoms with van der Waals surface area (Å²) in [6.45, 7) is 1.87. The van der Waals surface area contributed by atoms with Gasteiger partial charge in [0.1, 0.15) is 12.0 Å². The minimum atomic E-state index is 0.0104. The predicted octanol–water partition coefficient (Wildman–Crippen LogP) is 2.74. The first kappa shape index (κ1) is 10.1. The smallest absolute Gasteiger partial charge is 0.120 e. The number of phenols is 1. The van der Waals surface area contributed by atoms with E-state index in [0.717, 1.165) is 11.8 Å². The van der Waals surface area contributed by atoms with Crippen molar-refractivity contribution in [3.63, 3.8) is 0 Å². The Balaban J connectivity index is 2.97. The first-order valence-electron chi connectivity index (χ1n) is 4.07. The number of aldehydes is 1. The van der Waals surface area contributed by atoms with Gasteiger partial charge in [0.15, 0.2) is 0 Å². The van der Waals surface area contributed by atoms with Crippen molar-refractivity contribution >= 4 is 17.9 Å². The highest BCUT2D eigenvalue weighted by molar-refractivity contribution is 6.30. The fourth-order valence-corrected chi connectivity index (χ4v) is 1.37. The molecule has 1 rings (SSSR count). The van der Waals surface area contributed by atoms with Crippen LogP contribution in [0.15, 0.2) is 18.2 Å². The van der Waals surface area contributed by atoms with E-state index in [2.05, 4.69) is 0 Å². The number of phenolic OH excluding ortho intramolecular Hbond substituents is 1. The molecule has 0 aliphatic rings. The number of carbonyl (C=O) groups is 1. The Morgan fingerprint density at radius 3 is 2.92 bits per heavy atom. The molecule has 0 radical (unpaired) electrons. The summed E-state index contributed by atoms with van der Waals surface area (Å²) in [5.41, 5.74) is 0.722. The summed E-state index contributed by atoms with van der Waals surface area (Å²) in [5, 5.41) is 10.0. The largest absolute Gasteiger partial charge is 0.508 e. The topological polar surface area (TPSA) is 37.3 Å². The number of halogens is 1. The van der Waals surface area contributed by atoms with E-state index in [1.165, 1.54) is 0 Å². The van der Waals surface area contributed by atoms with Crippen molar-refractivity contribution in [2.45, 2.75) is 19.3 Å². The maximum Gasteiger partial charge on any atom is 0.120 e. The molecular formula is C10H11ClO2. The van der Waals surface area contributed by atoms with Crippen LogP contribution in [0, 0.1) is 0 Å². The lowest BCUT2D eigenvalue weighted by atomic mass is 9.98. The molecule has 0 saturated heterocycles. The molecule has 0 amide bonds. The standard InChI is InChI=1S/C10H11ClO2/c1-7(4-5-12)9-6-8(11)2-3-10(9)13/h2-3,5-7,13H,4H2,1H3. The maximum atomic E-state index is 10.3. The molecule has 0 aromatic heterocycles. The van der Waals surface area contributed by atoms with E-state index in [1.807, 2.05) is 6.92 Å². The van der Waals surface area contributed by atoms with Gasteiger partial charge in [-0.1, -0.05) is 18.5 Å². The zero-order chi connectivity index (χ0) is 9.84. The molecule has 0 aliphatic carbocycles. The summed E-state index contributed by atoms with van der Waals surface area (Å²) < 4.78 is 0. The molecule has 13 heavy (non-hydrogen) atoms. The minimum Gasteiger partial charge on any atom is -0.508 e. The first-order valence-corrected chi connectivity index (χ1v) is 4.45. The molecule has 0 heterocycles. The van der Waals surface area contributed by atoms with Gasteiger partial charge in [-0.3, -0.25) is 0 Å². The highest BCUT2D eigenvalue weighted by Gasteiger charge is 2.09. The van der Waals surface area contributed by atoms with E-state index in [4.69, 9.17) is 11.6 Å². The first-order chi connectivity index (χ1) is 6.15. The van der Waals surface area contributed by atoms with Crippen LogP contribution in [0.1, 0.15) is 24.8 Å². The molecule has 70 valence electrons. The van der Waals surface area contributed by atoms with Crippen molar-refractivity contribution < 1.29 is 9.90 Å². The van der Waals surface area contributed by atoms with E-state index in [0.29, 0.717) is 11.4 Å². The fourth-order valence-electron chi connectivity index (χ4n) is 1.19. The van der Waals surface area contributed by atoms with Crippen molar-refractivity contribution in [2.24, 2.45) is 0 Å². The number of hydrogen-bond acceptors (Lipinski definition) is 2. The molecule has 2 nitrogen and oxygen atoms in total. The molecule has 1 atom stereocenters.